The molecule has 0 aromatic rings. The molecule has 0 rings (SSSR count). The van der Waals surface area contributed by atoms with Crippen molar-refractivity contribution < 1.29 is 4.20 Å². The number of hydrogen-bond donors (Lipinski definition) is 1. The predicted molar refractivity (Wildman–Crippen MR) is 38.4 cm³/mol. The fourth-order valence-corrected chi connectivity index (χ4v) is 1.56. The summed E-state index contributed by atoms with van der Waals surface area (Å²) in [5.41, 5.74) is 0. The Morgan fingerprint density at radius 3 is 3.50 bits per heavy atom. The van der Waals surface area contributed by atoms with Gasteiger partial charge in [-0.05, 0) is 0 Å². The Bertz CT molecular complexity index is 117. The van der Waals surface area contributed by atoms with Gasteiger partial charge in [0, 0.05) is 0 Å². The minimum absolute atomic E-state index is 0.0384. The van der Waals surface area contributed by atoms with Crippen molar-refractivity contribution in [2.24, 2.45) is 0 Å². The fraction of sp³-hybridized carbons (Fsp3) is 0. The van der Waals surface area contributed by atoms with E-state index in [1.54, 1.807) is 0 Å². The molecule has 0 N–H and O–H groups in total. The number of hydrogen-bond acceptors (Lipinski definition) is 1. The molecule has 0 saturated carbocycles. The van der Waals surface area contributed by atoms with Crippen LogP contribution in [-0.2, 0) is 10.5 Å². The molecule has 0 nitrogen and oxygen atoms in total. The van der Waals surface area contributed by atoms with Crippen LogP contribution in [0.4, 0.5) is 4.20 Å². The monoisotopic (exact) mass is 161 g/mol. The van der Waals surface area contributed by atoms with E-state index in [2.05, 4.69) is 12.1 Å². The Kier molecular flexibility index (Phi) is 3.12. The zero-order valence-corrected chi connectivity index (χ0v) is 6.09. The van der Waals surface area contributed by atoms with Crippen molar-refractivity contribution in [3.05, 3.63) is 0 Å². The fourth-order valence-electron chi connectivity index (χ4n) is 0.0192. The van der Waals surface area contributed by atoms with E-state index in [0.717, 1.165) is 5.87 Å². The van der Waals surface area contributed by atoms with Gasteiger partial charge >= 0.3 is 50.3 Å². The molecule has 2 atom stereocenters. The van der Waals surface area contributed by atoms with Gasteiger partial charge in [-0.2, -0.15) is 0 Å². The Hall–Kier alpha value is 1.29. The maximum absolute atomic E-state index is 12.1. The van der Waals surface area contributed by atoms with E-state index in [1.165, 1.54) is 0 Å². The zero-order valence-electron chi connectivity index (χ0n) is 4.67. The van der Waals surface area contributed by atoms with E-state index < -0.39 is 17.8 Å². The van der Waals surface area contributed by atoms with Gasteiger partial charge in [0.25, 0.3) is 0 Å². The SMILES string of the molecule is [2H]P=S([3H])P(F)B=S. The van der Waals surface area contributed by atoms with Crippen molar-refractivity contribution in [2.45, 2.75) is 0 Å². The van der Waals surface area contributed by atoms with Crippen LogP contribution in [0.3, 0.4) is 0 Å². The van der Waals surface area contributed by atoms with E-state index in [9.17, 15) is 4.20 Å². The summed E-state index contributed by atoms with van der Waals surface area (Å²) in [6, 6.07) is 0. The molecule has 0 aliphatic heterocycles. The maximum atomic E-state index is 12.1. The van der Waals surface area contributed by atoms with E-state index >= 15 is 0 Å². The molecular formula is H2BFP2S2. The molecule has 6 heavy (non-hydrogen) atoms. The predicted octanol–water partition coefficient (Wildman–Crippen LogP) is 1.87. The summed E-state index contributed by atoms with van der Waals surface area (Å²) < 4.78 is 25.5. The van der Waals surface area contributed by atoms with E-state index in [-0.39, 0.29) is 7.96 Å². The van der Waals surface area contributed by atoms with Gasteiger partial charge < -0.3 is 0 Å². The molecule has 0 saturated heterocycles. The van der Waals surface area contributed by atoms with Crippen LogP contribution in [0, 0.1) is 0 Å². The van der Waals surface area contributed by atoms with E-state index in [1.807, 2.05) is 0 Å². The quantitative estimate of drug-likeness (QED) is 0.366. The van der Waals surface area contributed by atoms with Crippen molar-refractivity contribution >= 4 is 43.7 Å². The van der Waals surface area contributed by atoms with Crippen LogP contribution in [0.15, 0.2) is 0 Å². The Morgan fingerprint density at radius 2 is 3.33 bits per heavy atom. The first-order valence-corrected chi connectivity index (χ1v) is 5.28. The third-order valence-corrected chi connectivity index (χ3v) is 3.63. The summed E-state index contributed by atoms with van der Waals surface area (Å²) in [7, 11) is -3.11. The molecule has 0 aromatic heterocycles. The molecule has 0 spiro atoms. The normalized spacial score (nSPS) is 23.5. The van der Waals surface area contributed by atoms with E-state index in [0.29, 0.717) is 0 Å². The average Bonchev–Trinajstić information content (AvgIpc) is 1.84. The first-order chi connectivity index (χ1) is 3.72. The van der Waals surface area contributed by atoms with Gasteiger partial charge in [0.2, 0.25) is 0 Å². The molecule has 0 aliphatic carbocycles. The Labute approximate surface area is 50.8 Å². The molecule has 0 heterocycles. The first kappa shape index (κ1) is 4.20. The Morgan fingerprint density at radius 1 is 2.67 bits per heavy atom. The van der Waals surface area contributed by atoms with Gasteiger partial charge in [-0.25, -0.2) is 0 Å². The zero-order chi connectivity index (χ0) is 6.57. The molecule has 0 amide bonds. The second-order valence-corrected chi connectivity index (χ2v) is 5.02. The number of thiol groups is 1. The first-order valence-electron chi connectivity index (χ1n) is 1.88. The van der Waals surface area contributed by atoms with Gasteiger partial charge in [-0.3, -0.25) is 0 Å². The van der Waals surface area contributed by atoms with Crippen LogP contribution in [0.1, 0.15) is 0 Å². The topological polar surface area (TPSA) is 0 Å². The summed E-state index contributed by atoms with van der Waals surface area (Å²) in [5.74, 6) is 0.951. The van der Waals surface area contributed by atoms with Crippen LogP contribution < -0.4 is 0 Å². The molecule has 0 fully saturated rings. The molecule has 0 aromatic carbocycles. The third kappa shape index (κ3) is 3.48. The van der Waals surface area contributed by atoms with Gasteiger partial charge in [0.1, 0.15) is 0 Å². The van der Waals surface area contributed by atoms with Crippen molar-refractivity contribution in [1.82, 2.24) is 0 Å². The number of halogens is 1. The average molecular weight is 161 g/mol. The van der Waals surface area contributed by atoms with Crippen LogP contribution in [0.5, 0.6) is 0 Å². The van der Waals surface area contributed by atoms with Gasteiger partial charge in [-0.1, -0.05) is 0 Å². The molecule has 34 valence electrons. The van der Waals surface area contributed by atoms with Gasteiger partial charge in [-0.15, -0.1) is 0 Å². The molecular weight excluding hydrogens is 156 g/mol. The van der Waals surface area contributed by atoms with Gasteiger partial charge in [0.05, 0.1) is 0 Å². The van der Waals surface area contributed by atoms with Crippen molar-refractivity contribution in [3.8, 4) is 0 Å². The molecule has 0 bridgehead atoms. The summed E-state index contributed by atoms with van der Waals surface area (Å²) in [6.07, 6.45) is 0. The minimum atomic E-state index is -1.96. The molecule has 2 unspecified atom stereocenters. The van der Waals surface area contributed by atoms with Crippen molar-refractivity contribution in [1.29, 1.82) is 2.40 Å². The summed E-state index contributed by atoms with van der Waals surface area (Å²) in [6.45, 7) is 0. The standard InChI is InChI=1S/BFH2P2S2/c2-4(1-5)6-3/h3,6H/i3D,6T. The van der Waals surface area contributed by atoms with Crippen LogP contribution in [-0.4, -0.2) is 8.28 Å². The van der Waals surface area contributed by atoms with Gasteiger partial charge in [0.15, 0.2) is 0 Å². The van der Waals surface area contributed by atoms with Crippen molar-refractivity contribution in [2.75, 3.05) is 0 Å². The second-order valence-electron chi connectivity index (χ2n) is 0.459. The van der Waals surface area contributed by atoms with Crippen LogP contribution in [0.25, 0.3) is 0 Å². The van der Waals surface area contributed by atoms with Crippen LogP contribution in [0.2, 0.25) is 0 Å². The van der Waals surface area contributed by atoms with Crippen molar-refractivity contribution in [3.63, 3.8) is 0 Å². The molecule has 0 radical (unpaired) electrons. The van der Waals surface area contributed by atoms with E-state index in [4.69, 9.17) is 2.40 Å². The third-order valence-electron chi connectivity index (χ3n) is 0.161. The Balaban J connectivity index is 3.81. The summed E-state index contributed by atoms with van der Waals surface area (Å²) in [4.78, 5) is 0. The summed E-state index contributed by atoms with van der Waals surface area (Å²) >= 11 is 4.25. The second kappa shape index (κ2) is 4.45. The molecule has 0 aliphatic rings. The molecule has 6 heteroatoms. The summed E-state index contributed by atoms with van der Waals surface area (Å²) in [5, 5.41) is 0. The van der Waals surface area contributed by atoms with Crippen LogP contribution >= 0.6 is 27.3 Å². The number of rotatable bonds is 2.